The predicted molar refractivity (Wildman–Crippen MR) is 125 cm³/mol. The number of para-hydroxylation sites is 1. The highest BCUT2D eigenvalue weighted by molar-refractivity contribution is 5.74. The number of nitrogens with zero attached hydrogens (tertiary/aromatic N) is 1. The quantitative estimate of drug-likeness (QED) is 0.589. The van der Waals surface area contributed by atoms with Crippen molar-refractivity contribution in [2.75, 3.05) is 19.7 Å². The van der Waals surface area contributed by atoms with Gasteiger partial charge in [0.1, 0.15) is 5.75 Å². The highest BCUT2D eigenvalue weighted by Gasteiger charge is 2.56. The third-order valence-electron chi connectivity index (χ3n) is 8.20. The molecule has 2 saturated carbocycles. The van der Waals surface area contributed by atoms with E-state index in [1.165, 1.54) is 24.8 Å². The molecule has 4 heteroatoms. The lowest BCUT2D eigenvalue weighted by Gasteiger charge is -2.27. The van der Waals surface area contributed by atoms with E-state index in [4.69, 9.17) is 4.74 Å². The summed E-state index contributed by atoms with van der Waals surface area (Å²) in [5.74, 6) is 2.31. The molecule has 0 radical (unpaired) electrons. The van der Waals surface area contributed by atoms with Crippen molar-refractivity contribution in [2.45, 2.75) is 57.4 Å². The number of fused-ring (bicyclic) bond motifs is 1. The van der Waals surface area contributed by atoms with E-state index in [1.807, 2.05) is 18.2 Å². The normalized spacial score (nSPS) is 26.5. The molecule has 2 aromatic rings. The number of likely N-dealkylation sites (tertiary alicyclic amines) is 1. The van der Waals surface area contributed by atoms with E-state index >= 15 is 0 Å². The third-order valence-corrected chi connectivity index (χ3v) is 8.20. The van der Waals surface area contributed by atoms with Crippen LogP contribution in [-0.2, 0) is 16.0 Å². The van der Waals surface area contributed by atoms with E-state index in [1.54, 1.807) is 0 Å². The number of phenolic OH excluding ortho intramolecular Hbond substituents is 1. The topological polar surface area (TPSA) is 49.8 Å². The van der Waals surface area contributed by atoms with Crippen molar-refractivity contribution in [1.29, 1.82) is 0 Å². The van der Waals surface area contributed by atoms with Gasteiger partial charge in [-0.1, -0.05) is 67.8 Å². The Morgan fingerprint density at radius 3 is 2.47 bits per heavy atom. The van der Waals surface area contributed by atoms with Gasteiger partial charge in [-0.3, -0.25) is 9.69 Å². The molecule has 0 bridgehead atoms. The molecule has 1 aliphatic heterocycles. The van der Waals surface area contributed by atoms with Crippen molar-refractivity contribution < 1.29 is 14.6 Å². The summed E-state index contributed by atoms with van der Waals surface area (Å²) in [5.41, 5.74) is 3.09. The van der Waals surface area contributed by atoms with Crippen molar-refractivity contribution >= 4 is 5.97 Å². The van der Waals surface area contributed by atoms with Crippen LogP contribution in [0.15, 0.2) is 48.5 Å². The van der Waals surface area contributed by atoms with Gasteiger partial charge in [-0.05, 0) is 48.6 Å². The lowest BCUT2D eigenvalue weighted by atomic mass is 9.83. The van der Waals surface area contributed by atoms with Crippen LogP contribution in [0.2, 0.25) is 0 Å². The molecule has 2 aliphatic carbocycles. The Morgan fingerprint density at radius 2 is 1.75 bits per heavy atom. The number of ether oxygens (including phenoxy) is 1. The lowest BCUT2D eigenvalue weighted by molar-refractivity contribution is -0.143. The standard InChI is InChI=1S/C28H35NO3/c1-19(20-9-4-2-5-10-20)29-16-24-25(17-29)26(24)18-32-27(30)15-22-13-8-14-23(28(22)31)21-11-6-3-7-12-21/h2,4-5,8-10,13-14,19,21,24-26,31H,3,6-7,11-12,15-18H2,1H3. The van der Waals surface area contributed by atoms with E-state index in [0.29, 0.717) is 47.6 Å². The molecule has 170 valence electrons. The molecule has 2 aromatic carbocycles. The molecular weight excluding hydrogens is 398 g/mol. The second-order valence-electron chi connectivity index (χ2n) is 10.1. The van der Waals surface area contributed by atoms with E-state index in [9.17, 15) is 9.90 Å². The number of esters is 1. The van der Waals surface area contributed by atoms with Gasteiger partial charge in [-0.15, -0.1) is 0 Å². The number of hydrogen-bond acceptors (Lipinski definition) is 4. The first-order valence-corrected chi connectivity index (χ1v) is 12.4. The average molecular weight is 434 g/mol. The molecule has 1 saturated heterocycles. The van der Waals surface area contributed by atoms with Crippen molar-refractivity contribution in [3.63, 3.8) is 0 Å². The maximum Gasteiger partial charge on any atom is 0.310 e. The van der Waals surface area contributed by atoms with Gasteiger partial charge in [0.2, 0.25) is 0 Å². The van der Waals surface area contributed by atoms with Crippen molar-refractivity contribution in [1.82, 2.24) is 4.90 Å². The smallest absolute Gasteiger partial charge is 0.310 e. The summed E-state index contributed by atoms with van der Waals surface area (Å²) in [6.45, 7) is 4.98. The zero-order valence-corrected chi connectivity index (χ0v) is 19.1. The van der Waals surface area contributed by atoms with Gasteiger partial charge in [-0.25, -0.2) is 0 Å². The fourth-order valence-corrected chi connectivity index (χ4v) is 6.08. The van der Waals surface area contributed by atoms with Crippen molar-refractivity contribution in [3.05, 3.63) is 65.2 Å². The number of carbonyl (C=O) groups is 1. The predicted octanol–water partition coefficient (Wildman–Crippen LogP) is 5.46. The first kappa shape index (κ1) is 21.5. The van der Waals surface area contributed by atoms with E-state index in [-0.39, 0.29) is 12.4 Å². The van der Waals surface area contributed by atoms with Gasteiger partial charge in [0.05, 0.1) is 13.0 Å². The van der Waals surface area contributed by atoms with Gasteiger partial charge in [0, 0.05) is 30.6 Å². The first-order chi connectivity index (χ1) is 15.6. The molecule has 3 atom stereocenters. The zero-order chi connectivity index (χ0) is 22.1. The Hall–Kier alpha value is -2.33. The molecule has 1 N–H and O–H groups in total. The minimum Gasteiger partial charge on any atom is -0.507 e. The molecule has 0 amide bonds. The zero-order valence-electron chi connectivity index (χ0n) is 19.1. The van der Waals surface area contributed by atoms with Gasteiger partial charge in [0.25, 0.3) is 0 Å². The van der Waals surface area contributed by atoms with E-state index < -0.39 is 0 Å². The summed E-state index contributed by atoms with van der Waals surface area (Å²) in [7, 11) is 0. The van der Waals surface area contributed by atoms with Gasteiger partial charge < -0.3 is 9.84 Å². The largest absolute Gasteiger partial charge is 0.507 e. The highest BCUT2D eigenvalue weighted by Crippen LogP contribution is 2.53. The van der Waals surface area contributed by atoms with Crippen LogP contribution in [0.4, 0.5) is 0 Å². The molecule has 3 fully saturated rings. The Bertz CT molecular complexity index is 925. The average Bonchev–Trinajstić information content (AvgIpc) is 3.28. The van der Waals surface area contributed by atoms with Crippen LogP contribution in [0, 0.1) is 17.8 Å². The molecule has 3 aliphatic rings. The highest BCUT2D eigenvalue weighted by atomic mass is 16.5. The number of hydrogen-bond donors (Lipinski definition) is 1. The summed E-state index contributed by atoms with van der Waals surface area (Å²) in [4.78, 5) is 15.1. The maximum atomic E-state index is 12.5. The molecule has 4 nitrogen and oxygen atoms in total. The minimum atomic E-state index is -0.222. The number of phenols is 1. The van der Waals surface area contributed by atoms with Gasteiger partial charge in [-0.2, -0.15) is 0 Å². The van der Waals surface area contributed by atoms with E-state index in [2.05, 4.69) is 42.2 Å². The molecule has 5 rings (SSSR count). The Balaban J connectivity index is 1.10. The number of aromatic hydroxyl groups is 1. The van der Waals surface area contributed by atoms with Crippen LogP contribution in [0.5, 0.6) is 5.75 Å². The Morgan fingerprint density at radius 1 is 1.03 bits per heavy atom. The second-order valence-corrected chi connectivity index (χ2v) is 10.1. The minimum absolute atomic E-state index is 0.158. The van der Waals surface area contributed by atoms with Crippen LogP contribution < -0.4 is 0 Å². The summed E-state index contributed by atoms with van der Waals surface area (Å²) in [6.07, 6.45) is 6.15. The molecule has 32 heavy (non-hydrogen) atoms. The van der Waals surface area contributed by atoms with Crippen LogP contribution in [0.1, 0.15) is 67.7 Å². The molecular formula is C28H35NO3. The number of piperidine rings is 1. The summed E-state index contributed by atoms with van der Waals surface area (Å²) in [6, 6.07) is 17.0. The molecule has 1 heterocycles. The summed E-state index contributed by atoms with van der Waals surface area (Å²) < 4.78 is 5.66. The van der Waals surface area contributed by atoms with Crippen LogP contribution >= 0.6 is 0 Å². The molecule has 3 unspecified atom stereocenters. The van der Waals surface area contributed by atoms with Crippen LogP contribution in [0.25, 0.3) is 0 Å². The van der Waals surface area contributed by atoms with Gasteiger partial charge in [0.15, 0.2) is 0 Å². The second kappa shape index (κ2) is 9.27. The third kappa shape index (κ3) is 4.43. The van der Waals surface area contributed by atoms with Crippen molar-refractivity contribution in [2.24, 2.45) is 17.8 Å². The summed E-state index contributed by atoms with van der Waals surface area (Å²) >= 11 is 0. The lowest BCUT2D eigenvalue weighted by Crippen LogP contribution is -2.28. The first-order valence-electron chi connectivity index (χ1n) is 12.4. The van der Waals surface area contributed by atoms with Crippen LogP contribution in [0.3, 0.4) is 0 Å². The van der Waals surface area contributed by atoms with Crippen molar-refractivity contribution in [3.8, 4) is 5.75 Å². The van der Waals surface area contributed by atoms with E-state index in [0.717, 1.165) is 31.5 Å². The molecule has 0 aromatic heterocycles. The van der Waals surface area contributed by atoms with Crippen LogP contribution in [-0.4, -0.2) is 35.7 Å². The number of rotatable bonds is 7. The number of benzene rings is 2. The fraction of sp³-hybridized carbons (Fsp3) is 0.536. The molecule has 0 spiro atoms. The number of carbonyl (C=O) groups excluding carboxylic acids is 1. The SMILES string of the molecule is CC(c1ccccc1)N1CC2C(COC(=O)Cc3cccc(C4CCCCC4)c3O)C2C1. The van der Waals surface area contributed by atoms with Gasteiger partial charge >= 0.3 is 5.97 Å². The monoisotopic (exact) mass is 433 g/mol. The Kier molecular flexibility index (Phi) is 6.23. The summed E-state index contributed by atoms with van der Waals surface area (Å²) in [5, 5.41) is 10.8. The Labute approximate surface area is 191 Å². The fourth-order valence-electron chi connectivity index (χ4n) is 6.08. The maximum absolute atomic E-state index is 12.5.